The van der Waals surface area contributed by atoms with Crippen molar-refractivity contribution in [3.8, 4) is 0 Å². The average molecular weight is 366 g/mol. The molecule has 0 aliphatic carbocycles. The lowest BCUT2D eigenvalue weighted by molar-refractivity contribution is -0.907. The lowest BCUT2D eigenvalue weighted by Gasteiger charge is -2.21. The van der Waals surface area contributed by atoms with Crippen molar-refractivity contribution in [1.29, 1.82) is 0 Å². The van der Waals surface area contributed by atoms with Crippen molar-refractivity contribution in [2.45, 2.75) is 19.5 Å². The highest BCUT2D eigenvalue weighted by Crippen LogP contribution is 2.10. The molecule has 2 N–H and O–H groups in total. The van der Waals surface area contributed by atoms with Gasteiger partial charge in [0, 0.05) is 15.7 Å². The van der Waals surface area contributed by atoms with Gasteiger partial charge in [0.15, 0.2) is 6.04 Å². The number of quaternary nitrogens is 1. The molecule has 2 aromatic rings. The molecule has 0 fully saturated rings. The minimum atomic E-state index is -0.316. The maximum Gasteiger partial charge on any atom is 0.282 e. The topological polar surface area (TPSA) is 33.5 Å². The van der Waals surface area contributed by atoms with E-state index in [1.165, 1.54) is 17.7 Å². The number of benzene rings is 2. The third-order valence-corrected chi connectivity index (χ3v) is 4.17. The highest BCUT2D eigenvalue weighted by atomic mass is 79.9. The molecule has 116 valence electrons. The van der Waals surface area contributed by atoms with Crippen LogP contribution in [0.1, 0.15) is 12.5 Å². The number of amides is 1. The zero-order valence-corrected chi connectivity index (χ0v) is 14.2. The standard InChI is InChI=1S/C17H18BrFN2O/c1-12(17(22)20-16-9-7-15(19)8-10-16)21(2)11-13-3-5-14(18)6-4-13/h3-10,12H,11H2,1-2H3,(H,20,22)/p+1/t12-/m1/s1. The zero-order chi connectivity index (χ0) is 16.1. The van der Waals surface area contributed by atoms with Gasteiger partial charge in [0.05, 0.1) is 7.05 Å². The second kappa shape index (κ2) is 7.51. The van der Waals surface area contributed by atoms with E-state index in [2.05, 4.69) is 21.2 Å². The van der Waals surface area contributed by atoms with Crippen molar-refractivity contribution in [2.75, 3.05) is 12.4 Å². The summed E-state index contributed by atoms with van der Waals surface area (Å²) in [6.45, 7) is 2.64. The Labute approximate surface area is 138 Å². The van der Waals surface area contributed by atoms with E-state index in [4.69, 9.17) is 0 Å². The summed E-state index contributed by atoms with van der Waals surface area (Å²) >= 11 is 3.41. The number of carbonyl (C=O) groups excluding carboxylic acids is 1. The number of hydrogen-bond acceptors (Lipinski definition) is 1. The second-order valence-corrected chi connectivity index (χ2v) is 6.28. The molecule has 0 saturated heterocycles. The van der Waals surface area contributed by atoms with Gasteiger partial charge in [0.25, 0.3) is 5.91 Å². The lowest BCUT2D eigenvalue weighted by atomic mass is 10.2. The normalized spacial score (nSPS) is 13.5. The highest BCUT2D eigenvalue weighted by Gasteiger charge is 2.22. The van der Waals surface area contributed by atoms with E-state index < -0.39 is 0 Å². The van der Waals surface area contributed by atoms with Gasteiger partial charge < -0.3 is 10.2 Å². The summed E-state index contributed by atoms with van der Waals surface area (Å²) in [4.78, 5) is 13.3. The SMILES string of the molecule is C[C@H](C(=O)Nc1ccc(F)cc1)[NH+](C)Cc1ccc(Br)cc1. The van der Waals surface area contributed by atoms with Crippen molar-refractivity contribution in [1.82, 2.24) is 0 Å². The van der Waals surface area contributed by atoms with Crippen LogP contribution in [0.5, 0.6) is 0 Å². The molecule has 0 aromatic heterocycles. The van der Waals surface area contributed by atoms with E-state index in [1.54, 1.807) is 12.1 Å². The molecule has 0 radical (unpaired) electrons. The summed E-state index contributed by atoms with van der Waals surface area (Å²) in [5.41, 5.74) is 1.77. The van der Waals surface area contributed by atoms with Gasteiger partial charge >= 0.3 is 0 Å². The lowest BCUT2D eigenvalue weighted by Crippen LogP contribution is -3.12. The van der Waals surface area contributed by atoms with E-state index in [-0.39, 0.29) is 17.8 Å². The molecule has 1 unspecified atom stereocenters. The van der Waals surface area contributed by atoms with Gasteiger partial charge in [0.2, 0.25) is 0 Å². The third-order valence-electron chi connectivity index (χ3n) is 3.64. The van der Waals surface area contributed by atoms with Gasteiger partial charge in [-0.2, -0.15) is 0 Å². The van der Waals surface area contributed by atoms with E-state index in [0.717, 1.165) is 15.9 Å². The van der Waals surface area contributed by atoms with Crippen LogP contribution in [0.25, 0.3) is 0 Å². The first-order valence-electron chi connectivity index (χ1n) is 7.09. The Kier molecular flexibility index (Phi) is 5.69. The van der Waals surface area contributed by atoms with Crippen LogP contribution in [-0.2, 0) is 11.3 Å². The second-order valence-electron chi connectivity index (χ2n) is 5.37. The van der Waals surface area contributed by atoms with Gasteiger partial charge in [-0.05, 0) is 43.3 Å². The van der Waals surface area contributed by atoms with Crippen LogP contribution in [-0.4, -0.2) is 19.0 Å². The molecule has 0 bridgehead atoms. The van der Waals surface area contributed by atoms with E-state index in [1.807, 2.05) is 38.2 Å². The predicted molar refractivity (Wildman–Crippen MR) is 89.2 cm³/mol. The summed E-state index contributed by atoms with van der Waals surface area (Å²) in [5, 5.41) is 2.81. The molecule has 2 atom stereocenters. The van der Waals surface area contributed by atoms with E-state index in [9.17, 15) is 9.18 Å². The summed E-state index contributed by atoms with van der Waals surface area (Å²) in [5.74, 6) is -0.398. The monoisotopic (exact) mass is 365 g/mol. The molecular weight excluding hydrogens is 347 g/mol. The van der Waals surface area contributed by atoms with Crippen molar-refractivity contribution >= 4 is 27.5 Å². The Bertz CT molecular complexity index is 628. The molecule has 0 aliphatic heterocycles. The fraction of sp³-hybridized carbons (Fsp3) is 0.235. The fourth-order valence-corrected chi connectivity index (χ4v) is 2.35. The van der Waals surface area contributed by atoms with Crippen LogP contribution in [0.2, 0.25) is 0 Å². The Morgan fingerprint density at radius 2 is 1.77 bits per heavy atom. The van der Waals surface area contributed by atoms with Crippen LogP contribution in [0, 0.1) is 5.82 Å². The van der Waals surface area contributed by atoms with Gasteiger partial charge in [-0.15, -0.1) is 0 Å². The zero-order valence-electron chi connectivity index (χ0n) is 12.6. The van der Waals surface area contributed by atoms with Gasteiger partial charge in [-0.25, -0.2) is 4.39 Å². The van der Waals surface area contributed by atoms with Crippen molar-refractivity contribution in [3.05, 3.63) is 64.4 Å². The summed E-state index contributed by atoms with van der Waals surface area (Å²) in [6, 6.07) is 13.6. The van der Waals surface area contributed by atoms with Crippen LogP contribution >= 0.6 is 15.9 Å². The Balaban J connectivity index is 1.94. The van der Waals surface area contributed by atoms with Gasteiger partial charge in [-0.3, -0.25) is 4.79 Å². The molecule has 2 rings (SSSR count). The number of rotatable bonds is 5. The minimum absolute atomic E-state index is 0.0822. The molecule has 5 heteroatoms. The van der Waals surface area contributed by atoms with Crippen molar-refractivity contribution in [2.24, 2.45) is 0 Å². The molecule has 22 heavy (non-hydrogen) atoms. The first kappa shape index (κ1) is 16.6. The average Bonchev–Trinajstić information content (AvgIpc) is 2.51. The Morgan fingerprint density at radius 1 is 1.18 bits per heavy atom. The van der Waals surface area contributed by atoms with E-state index >= 15 is 0 Å². The summed E-state index contributed by atoms with van der Waals surface area (Å²) in [6.07, 6.45) is 0. The number of halogens is 2. The number of hydrogen-bond donors (Lipinski definition) is 2. The molecule has 1 amide bonds. The molecule has 0 heterocycles. The Hall–Kier alpha value is -1.72. The van der Waals surface area contributed by atoms with Gasteiger partial charge in [-0.1, -0.05) is 28.1 Å². The summed E-state index contributed by atoms with van der Waals surface area (Å²) < 4.78 is 13.9. The maximum atomic E-state index is 12.9. The number of nitrogens with one attached hydrogen (secondary N) is 2. The first-order valence-corrected chi connectivity index (χ1v) is 7.88. The predicted octanol–water partition coefficient (Wildman–Crippen LogP) is 2.63. The van der Waals surface area contributed by atoms with Crippen LogP contribution in [0.15, 0.2) is 53.0 Å². The first-order chi connectivity index (χ1) is 10.5. The molecule has 0 spiro atoms. The fourth-order valence-electron chi connectivity index (χ4n) is 2.08. The van der Waals surface area contributed by atoms with Crippen LogP contribution in [0.3, 0.4) is 0 Å². The van der Waals surface area contributed by atoms with Crippen LogP contribution in [0.4, 0.5) is 10.1 Å². The molecule has 2 aromatic carbocycles. The largest absolute Gasteiger partial charge is 0.324 e. The molecule has 0 saturated carbocycles. The van der Waals surface area contributed by atoms with Gasteiger partial charge in [0.1, 0.15) is 12.4 Å². The molecular formula is C17H19BrFN2O+. The number of anilines is 1. The van der Waals surface area contributed by atoms with Crippen molar-refractivity contribution < 1.29 is 14.1 Å². The smallest absolute Gasteiger partial charge is 0.282 e. The number of carbonyl (C=O) groups is 1. The molecule has 3 nitrogen and oxygen atoms in total. The quantitative estimate of drug-likeness (QED) is 0.838. The Morgan fingerprint density at radius 3 is 2.36 bits per heavy atom. The highest BCUT2D eigenvalue weighted by molar-refractivity contribution is 9.10. The van der Waals surface area contributed by atoms with Crippen molar-refractivity contribution in [3.63, 3.8) is 0 Å². The minimum Gasteiger partial charge on any atom is -0.324 e. The summed E-state index contributed by atoms with van der Waals surface area (Å²) in [7, 11) is 1.98. The molecule has 0 aliphatic rings. The van der Waals surface area contributed by atoms with Crippen LogP contribution < -0.4 is 10.2 Å². The van der Waals surface area contributed by atoms with E-state index in [0.29, 0.717) is 5.69 Å². The third kappa shape index (κ3) is 4.64. The maximum absolute atomic E-state index is 12.9. The number of likely N-dealkylation sites (N-methyl/N-ethyl adjacent to an activating group) is 1.